The maximum atomic E-state index is 13.5. The van der Waals surface area contributed by atoms with Gasteiger partial charge in [-0.1, -0.05) is 11.6 Å². The van der Waals surface area contributed by atoms with Gasteiger partial charge in [0, 0.05) is 24.1 Å². The maximum Gasteiger partial charge on any atom is 0.215 e. The van der Waals surface area contributed by atoms with Crippen LogP contribution in [0.1, 0.15) is 16.5 Å². The second-order valence-corrected chi connectivity index (χ2v) is 8.26. The Balaban J connectivity index is 2.04. The number of halogens is 3. The van der Waals surface area contributed by atoms with E-state index in [-0.39, 0.29) is 12.1 Å². The summed E-state index contributed by atoms with van der Waals surface area (Å²) in [4.78, 5) is 0.761. The number of benzene rings is 1. The van der Waals surface area contributed by atoms with Crippen LogP contribution in [-0.2, 0) is 20.5 Å². The summed E-state index contributed by atoms with van der Waals surface area (Å²) in [5.74, 6) is -2.12. The van der Waals surface area contributed by atoms with Gasteiger partial charge in [-0.3, -0.25) is 0 Å². The molecule has 0 saturated carbocycles. The van der Waals surface area contributed by atoms with Crippen LogP contribution >= 0.6 is 22.9 Å². The summed E-state index contributed by atoms with van der Waals surface area (Å²) in [5, 5.41) is 0. The number of ether oxygens (including phenoxy) is 1. The molecule has 0 saturated heterocycles. The van der Waals surface area contributed by atoms with Gasteiger partial charge < -0.3 is 4.74 Å². The van der Waals surface area contributed by atoms with E-state index >= 15 is 0 Å². The van der Waals surface area contributed by atoms with Gasteiger partial charge in [0.25, 0.3) is 0 Å². The lowest BCUT2D eigenvalue weighted by molar-refractivity contribution is 0.110. The number of hydrogen-bond acceptors (Lipinski definition) is 4. The van der Waals surface area contributed by atoms with E-state index in [1.807, 2.05) is 0 Å². The Kier molecular flexibility index (Phi) is 6.10. The van der Waals surface area contributed by atoms with Gasteiger partial charge >= 0.3 is 0 Å². The number of sulfonamides is 1. The van der Waals surface area contributed by atoms with E-state index in [0.717, 1.165) is 23.1 Å². The molecule has 0 aliphatic heterocycles. The number of thiophene rings is 1. The van der Waals surface area contributed by atoms with Gasteiger partial charge in [0.2, 0.25) is 10.0 Å². The highest BCUT2D eigenvalue weighted by atomic mass is 35.5. The lowest BCUT2D eigenvalue weighted by atomic mass is 10.2. The molecular weight excluding hydrogens is 368 g/mol. The molecule has 1 heterocycles. The molecule has 4 nitrogen and oxygen atoms in total. The summed E-state index contributed by atoms with van der Waals surface area (Å²) in [7, 11) is -2.40. The second-order valence-electron chi connectivity index (χ2n) is 4.71. The molecule has 9 heteroatoms. The maximum absolute atomic E-state index is 13.5. The first kappa shape index (κ1) is 18.3. The van der Waals surface area contributed by atoms with E-state index in [9.17, 15) is 17.2 Å². The van der Waals surface area contributed by atoms with Crippen LogP contribution in [0.25, 0.3) is 0 Å². The van der Waals surface area contributed by atoms with Gasteiger partial charge in [-0.25, -0.2) is 21.9 Å². The molecule has 1 aromatic heterocycles. The molecule has 23 heavy (non-hydrogen) atoms. The zero-order valence-corrected chi connectivity index (χ0v) is 14.4. The SMILES string of the molecule is CO[C@@H](CNS(=O)(=O)Cc1cc(F)ccc1F)c1ccc(Cl)s1. The number of methoxy groups -OCH3 is 1. The molecule has 0 amide bonds. The molecule has 1 aromatic carbocycles. The van der Waals surface area contributed by atoms with Gasteiger partial charge in [-0.05, 0) is 30.3 Å². The van der Waals surface area contributed by atoms with Crippen molar-refractivity contribution in [3.8, 4) is 0 Å². The minimum absolute atomic E-state index is 0.0351. The average Bonchev–Trinajstić information content (AvgIpc) is 2.90. The molecule has 0 bridgehead atoms. The standard InChI is InChI=1S/C14H14ClF2NO3S2/c1-21-12(13-4-5-14(15)22-13)7-18-23(19,20)8-9-6-10(16)2-3-11(9)17/h2-6,12,18H,7-8H2,1H3/t12-/m0/s1. The predicted molar refractivity (Wildman–Crippen MR) is 86.1 cm³/mol. The molecule has 0 aliphatic rings. The van der Waals surface area contributed by atoms with Crippen LogP contribution < -0.4 is 4.72 Å². The smallest absolute Gasteiger partial charge is 0.215 e. The van der Waals surface area contributed by atoms with Crippen molar-refractivity contribution in [2.24, 2.45) is 0 Å². The number of nitrogens with one attached hydrogen (secondary N) is 1. The van der Waals surface area contributed by atoms with Crippen LogP contribution in [0.5, 0.6) is 0 Å². The van der Waals surface area contributed by atoms with Crippen molar-refractivity contribution in [2.45, 2.75) is 11.9 Å². The van der Waals surface area contributed by atoms with Crippen LogP contribution in [0.4, 0.5) is 8.78 Å². The molecule has 2 rings (SSSR count). The zero-order valence-electron chi connectivity index (χ0n) is 12.1. The van der Waals surface area contributed by atoms with Crippen molar-refractivity contribution in [1.82, 2.24) is 4.72 Å². The van der Waals surface area contributed by atoms with E-state index in [0.29, 0.717) is 4.34 Å². The molecule has 2 aromatic rings. The minimum Gasteiger partial charge on any atom is -0.375 e. The van der Waals surface area contributed by atoms with Gasteiger partial charge in [0.15, 0.2) is 0 Å². The fourth-order valence-electron chi connectivity index (χ4n) is 1.91. The molecule has 0 unspecified atom stereocenters. The quantitative estimate of drug-likeness (QED) is 0.798. The minimum atomic E-state index is -3.85. The largest absolute Gasteiger partial charge is 0.375 e. The van der Waals surface area contributed by atoms with Crippen LogP contribution in [-0.4, -0.2) is 22.1 Å². The van der Waals surface area contributed by atoms with Gasteiger partial charge in [0.1, 0.15) is 17.7 Å². The first-order valence-corrected chi connectivity index (χ1v) is 9.34. The Bertz CT molecular complexity index is 780. The van der Waals surface area contributed by atoms with Gasteiger partial charge in [-0.2, -0.15) is 0 Å². The molecule has 0 aliphatic carbocycles. The molecular formula is C14H14ClF2NO3S2. The van der Waals surface area contributed by atoms with Crippen LogP contribution in [0.3, 0.4) is 0 Å². The Hall–Kier alpha value is -1.06. The molecule has 0 fully saturated rings. The zero-order chi connectivity index (χ0) is 17.0. The number of hydrogen-bond donors (Lipinski definition) is 1. The van der Waals surface area contributed by atoms with Crippen LogP contribution in [0.15, 0.2) is 30.3 Å². The number of rotatable bonds is 7. The molecule has 1 N–H and O–H groups in total. The highest BCUT2D eigenvalue weighted by Crippen LogP contribution is 2.28. The van der Waals surface area contributed by atoms with Crippen molar-refractivity contribution in [3.63, 3.8) is 0 Å². The highest BCUT2D eigenvalue weighted by Gasteiger charge is 2.19. The lowest BCUT2D eigenvalue weighted by Gasteiger charge is -2.15. The average molecular weight is 382 g/mol. The van der Waals surface area contributed by atoms with Crippen molar-refractivity contribution in [2.75, 3.05) is 13.7 Å². The highest BCUT2D eigenvalue weighted by molar-refractivity contribution is 7.88. The third-order valence-electron chi connectivity index (χ3n) is 3.04. The predicted octanol–water partition coefficient (Wildman–Crippen LogP) is 3.49. The Labute approximate surface area is 142 Å². The molecule has 0 spiro atoms. The first-order chi connectivity index (χ1) is 10.8. The lowest BCUT2D eigenvalue weighted by Crippen LogP contribution is -2.30. The third kappa shape index (κ3) is 5.22. The summed E-state index contributed by atoms with van der Waals surface area (Å²) < 4.78 is 58.8. The first-order valence-electron chi connectivity index (χ1n) is 6.50. The van der Waals surface area contributed by atoms with Crippen LogP contribution in [0, 0.1) is 11.6 Å². The summed E-state index contributed by atoms with van der Waals surface area (Å²) in [6.45, 7) is -0.0351. The van der Waals surface area contributed by atoms with E-state index in [4.69, 9.17) is 16.3 Å². The van der Waals surface area contributed by atoms with E-state index < -0.39 is 33.5 Å². The Morgan fingerprint density at radius 2 is 2.04 bits per heavy atom. The molecule has 126 valence electrons. The van der Waals surface area contributed by atoms with Crippen molar-refractivity contribution in [3.05, 3.63) is 56.7 Å². The Morgan fingerprint density at radius 3 is 2.65 bits per heavy atom. The topological polar surface area (TPSA) is 55.4 Å². The molecule has 0 radical (unpaired) electrons. The van der Waals surface area contributed by atoms with Gasteiger partial charge in [-0.15, -0.1) is 11.3 Å². The summed E-state index contributed by atoms with van der Waals surface area (Å²) >= 11 is 7.11. The third-order valence-corrected chi connectivity index (χ3v) is 5.66. The summed E-state index contributed by atoms with van der Waals surface area (Å²) in [6.07, 6.45) is -0.514. The Morgan fingerprint density at radius 1 is 1.30 bits per heavy atom. The van der Waals surface area contributed by atoms with E-state index in [1.54, 1.807) is 12.1 Å². The van der Waals surface area contributed by atoms with Crippen molar-refractivity contribution in [1.29, 1.82) is 0 Å². The van der Waals surface area contributed by atoms with Crippen LogP contribution in [0.2, 0.25) is 4.34 Å². The van der Waals surface area contributed by atoms with Gasteiger partial charge in [0.05, 0.1) is 10.1 Å². The molecule has 1 atom stereocenters. The fraction of sp³-hybridized carbons (Fsp3) is 0.286. The van der Waals surface area contributed by atoms with Crippen molar-refractivity contribution < 1.29 is 21.9 Å². The van der Waals surface area contributed by atoms with Crippen molar-refractivity contribution >= 4 is 33.0 Å². The summed E-state index contributed by atoms with van der Waals surface area (Å²) in [6, 6.07) is 6.11. The van der Waals surface area contributed by atoms with E-state index in [2.05, 4.69) is 4.72 Å². The van der Waals surface area contributed by atoms with E-state index in [1.165, 1.54) is 18.4 Å². The monoisotopic (exact) mass is 381 g/mol. The normalized spacial score (nSPS) is 13.2. The fourth-order valence-corrected chi connectivity index (χ4v) is 4.19. The second kappa shape index (κ2) is 7.67. The summed E-state index contributed by atoms with van der Waals surface area (Å²) in [5.41, 5.74) is -0.231.